The van der Waals surface area contributed by atoms with Crippen LogP contribution in [0.3, 0.4) is 0 Å². The van der Waals surface area contributed by atoms with Gasteiger partial charge in [-0.25, -0.2) is 4.98 Å². The molecule has 0 fully saturated rings. The van der Waals surface area contributed by atoms with E-state index >= 15 is 0 Å². The maximum atomic E-state index is 5.14. The summed E-state index contributed by atoms with van der Waals surface area (Å²) in [7, 11) is 0. The normalized spacial score (nSPS) is 11.6. The molecule has 50 heavy (non-hydrogen) atoms. The number of aromatic nitrogens is 6. The Bertz CT molecular complexity index is 2800. The van der Waals surface area contributed by atoms with Gasteiger partial charge in [-0.05, 0) is 35.9 Å². The SMILES string of the molecule is c1ccc(-c2nc(-c3ccccc3)nc(-n3c4ccccc4c4ccc(-c5cccc6c7ccncc7n(-c7ccccc7)c56)cc43)n2)cc1. The number of fused-ring (bicyclic) bond motifs is 6. The summed E-state index contributed by atoms with van der Waals surface area (Å²) in [5.74, 6) is 1.83. The van der Waals surface area contributed by atoms with Crippen LogP contribution in [-0.2, 0) is 0 Å². The summed E-state index contributed by atoms with van der Waals surface area (Å²) < 4.78 is 4.52. The van der Waals surface area contributed by atoms with Crippen LogP contribution in [0, 0.1) is 0 Å². The molecule has 4 heterocycles. The van der Waals surface area contributed by atoms with Gasteiger partial charge in [0.05, 0.1) is 28.3 Å². The third-order valence-corrected chi connectivity index (χ3v) is 9.48. The minimum atomic E-state index is 0.573. The van der Waals surface area contributed by atoms with Crippen LogP contribution in [0.2, 0.25) is 0 Å². The lowest BCUT2D eigenvalue weighted by atomic mass is 10.0. The molecule has 0 spiro atoms. The Labute approximate surface area is 287 Å². The van der Waals surface area contributed by atoms with Gasteiger partial charge in [0, 0.05) is 50.1 Å². The third-order valence-electron chi connectivity index (χ3n) is 9.48. The quantitative estimate of drug-likeness (QED) is 0.188. The minimum Gasteiger partial charge on any atom is -0.307 e. The molecule has 0 unspecified atom stereocenters. The fraction of sp³-hybridized carbons (Fsp3) is 0. The van der Waals surface area contributed by atoms with Gasteiger partial charge in [0.15, 0.2) is 11.6 Å². The zero-order valence-corrected chi connectivity index (χ0v) is 26.8. The first kappa shape index (κ1) is 28.1. The van der Waals surface area contributed by atoms with Crippen LogP contribution in [-0.4, -0.2) is 29.1 Å². The van der Waals surface area contributed by atoms with Crippen LogP contribution in [0.5, 0.6) is 0 Å². The van der Waals surface area contributed by atoms with E-state index in [2.05, 4.69) is 111 Å². The Hall–Kier alpha value is -6.92. The molecular weight excluding hydrogens is 613 g/mol. The van der Waals surface area contributed by atoms with Gasteiger partial charge in [-0.3, -0.25) is 9.55 Å². The number of hydrogen-bond acceptors (Lipinski definition) is 4. The second-order valence-electron chi connectivity index (χ2n) is 12.4. The van der Waals surface area contributed by atoms with Crippen LogP contribution >= 0.6 is 0 Å². The van der Waals surface area contributed by atoms with Crippen LogP contribution < -0.4 is 0 Å². The topological polar surface area (TPSA) is 61.4 Å². The van der Waals surface area contributed by atoms with Crippen molar-refractivity contribution in [1.82, 2.24) is 29.1 Å². The molecule has 10 aromatic rings. The van der Waals surface area contributed by atoms with Crippen molar-refractivity contribution in [2.24, 2.45) is 0 Å². The smallest absolute Gasteiger partial charge is 0.238 e. The molecule has 0 N–H and O–H groups in total. The summed E-state index contributed by atoms with van der Waals surface area (Å²) in [5.41, 5.74) is 9.46. The van der Waals surface area contributed by atoms with Crippen molar-refractivity contribution in [1.29, 1.82) is 0 Å². The number of hydrogen-bond donors (Lipinski definition) is 0. The highest BCUT2D eigenvalue weighted by Crippen LogP contribution is 2.40. The standard InChI is InChI=1S/C44H28N6/c1-4-13-29(14-5-1)42-46-43(30-15-6-2-7-16-30)48-44(47-42)50-38-22-11-10-19-34(38)35-24-23-31(27-39(35)50)33-20-12-21-37-36-25-26-45-28-40(36)49(41(33)37)32-17-8-3-9-18-32/h1-28H. The number of pyridine rings is 1. The molecule has 0 saturated heterocycles. The van der Waals surface area contributed by atoms with Gasteiger partial charge in [0.2, 0.25) is 5.95 Å². The number of nitrogens with zero attached hydrogens (tertiary/aromatic N) is 6. The van der Waals surface area contributed by atoms with E-state index in [1.807, 2.05) is 73.1 Å². The second kappa shape index (κ2) is 11.4. The van der Waals surface area contributed by atoms with Gasteiger partial charge in [0.25, 0.3) is 0 Å². The zero-order valence-electron chi connectivity index (χ0n) is 26.8. The lowest BCUT2D eigenvalue weighted by Crippen LogP contribution is -2.06. The van der Waals surface area contributed by atoms with E-state index in [4.69, 9.17) is 15.0 Å². The molecule has 4 aromatic heterocycles. The Morgan fingerprint density at radius 2 is 1.02 bits per heavy atom. The van der Waals surface area contributed by atoms with Crippen molar-refractivity contribution < 1.29 is 0 Å². The van der Waals surface area contributed by atoms with E-state index in [0.717, 1.165) is 60.8 Å². The van der Waals surface area contributed by atoms with Gasteiger partial charge in [-0.2, -0.15) is 9.97 Å². The van der Waals surface area contributed by atoms with Crippen LogP contribution in [0.15, 0.2) is 170 Å². The molecule has 0 radical (unpaired) electrons. The van der Waals surface area contributed by atoms with Crippen LogP contribution in [0.25, 0.3) is 89.2 Å². The molecule has 0 amide bonds. The average Bonchev–Trinajstić information content (AvgIpc) is 3.71. The van der Waals surface area contributed by atoms with E-state index < -0.39 is 0 Å². The van der Waals surface area contributed by atoms with Gasteiger partial charge in [-0.1, -0.05) is 127 Å². The summed E-state index contributed by atoms with van der Waals surface area (Å²) in [4.78, 5) is 19.8. The summed E-state index contributed by atoms with van der Waals surface area (Å²) in [6.45, 7) is 0. The van der Waals surface area contributed by atoms with E-state index in [1.165, 1.54) is 10.8 Å². The maximum absolute atomic E-state index is 5.14. The van der Waals surface area contributed by atoms with Crippen molar-refractivity contribution in [3.63, 3.8) is 0 Å². The highest BCUT2D eigenvalue weighted by atomic mass is 15.2. The molecule has 0 aliphatic rings. The van der Waals surface area contributed by atoms with E-state index in [9.17, 15) is 0 Å². The molecule has 0 bridgehead atoms. The summed E-state index contributed by atoms with van der Waals surface area (Å²) in [6.07, 6.45) is 3.83. The lowest BCUT2D eigenvalue weighted by molar-refractivity contribution is 0.953. The summed E-state index contributed by atoms with van der Waals surface area (Å²) in [5, 5.41) is 4.62. The molecule has 10 rings (SSSR count). The highest BCUT2D eigenvalue weighted by Gasteiger charge is 2.20. The largest absolute Gasteiger partial charge is 0.307 e. The Kier molecular flexibility index (Phi) is 6.39. The molecule has 234 valence electrons. The molecule has 6 nitrogen and oxygen atoms in total. The summed E-state index contributed by atoms with van der Waals surface area (Å²) in [6, 6.07) is 54.7. The first-order chi connectivity index (χ1) is 24.8. The fourth-order valence-corrected chi connectivity index (χ4v) is 7.24. The fourth-order valence-electron chi connectivity index (χ4n) is 7.24. The monoisotopic (exact) mass is 640 g/mol. The minimum absolute atomic E-state index is 0.573. The van der Waals surface area contributed by atoms with Crippen LogP contribution in [0.4, 0.5) is 0 Å². The van der Waals surface area contributed by atoms with Crippen molar-refractivity contribution in [2.45, 2.75) is 0 Å². The molecule has 6 aromatic carbocycles. The van der Waals surface area contributed by atoms with Gasteiger partial charge in [-0.15, -0.1) is 0 Å². The van der Waals surface area contributed by atoms with Gasteiger partial charge < -0.3 is 4.57 Å². The van der Waals surface area contributed by atoms with Crippen LogP contribution in [0.1, 0.15) is 0 Å². The molecule has 0 atom stereocenters. The molecule has 0 saturated carbocycles. The van der Waals surface area contributed by atoms with Crippen molar-refractivity contribution in [2.75, 3.05) is 0 Å². The predicted molar refractivity (Wildman–Crippen MR) is 203 cm³/mol. The molecule has 6 heteroatoms. The third kappa shape index (κ3) is 4.43. The first-order valence-corrected chi connectivity index (χ1v) is 16.7. The second-order valence-corrected chi connectivity index (χ2v) is 12.4. The highest BCUT2D eigenvalue weighted by molar-refractivity contribution is 6.15. The van der Waals surface area contributed by atoms with Crippen molar-refractivity contribution in [3.05, 3.63) is 170 Å². The van der Waals surface area contributed by atoms with Gasteiger partial charge in [0.1, 0.15) is 0 Å². The summed E-state index contributed by atoms with van der Waals surface area (Å²) >= 11 is 0. The molecule has 0 aliphatic heterocycles. The average molecular weight is 641 g/mol. The van der Waals surface area contributed by atoms with E-state index in [-0.39, 0.29) is 0 Å². The zero-order chi connectivity index (χ0) is 33.0. The van der Waals surface area contributed by atoms with Crippen molar-refractivity contribution >= 4 is 43.6 Å². The van der Waals surface area contributed by atoms with Gasteiger partial charge >= 0.3 is 0 Å². The molecule has 0 aliphatic carbocycles. The molecular formula is C44H28N6. The number of rotatable bonds is 5. The van der Waals surface area contributed by atoms with Crippen molar-refractivity contribution in [3.8, 4) is 45.5 Å². The Morgan fingerprint density at radius 1 is 0.400 bits per heavy atom. The Balaban J connectivity index is 1.27. The predicted octanol–water partition coefficient (Wildman–Crippen LogP) is 10.5. The lowest BCUT2D eigenvalue weighted by Gasteiger charge is -2.13. The number of benzene rings is 6. The van der Waals surface area contributed by atoms with E-state index in [1.54, 1.807) is 0 Å². The first-order valence-electron chi connectivity index (χ1n) is 16.7. The van der Waals surface area contributed by atoms with E-state index in [0.29, 0.717) is 17.6 Å². The maximum Gasteiger partial charge on any atom is 0.238 e. The Morgan fingerprint density at radius 3 is 1.76 bits per heavy atom. The number of para-hydroxylation sites is 3.